The van der Waals surface area contributed by atoms with Crippen molar-refractivity contribution in [2.24, 2.45) is 0 Å². The maximum atomic E-state index is 12.7. The number of nitrogens with one attached hydrogen (secondary N) is 2. The fourth-order valence-electron chi connectivity index (χ4n) is 4.00. The Hall–Kier alpha value is -2.65. The molecule has 8 nitrogen and oxygen atoms in total. The minimum absolute atomic E-state index is 0.254. The topological polar surface area (TPSA) is 85.0 Å². The molecule has 0 saturated carbocycles. The molecule has 8 heteroatoms. The second-order valence-corrected chi connectivity index (χ2v) is 7.18. The molecule has 0 bridgehead atoms. The van der Waals surface area contributed by atoms with Crippen LogP contribution in [0.3, 0.4) is 0 Å². The number of rotatable bonds is 6. The molecule has 160 valence electrons. The molecule has 1 fully saturated rings. The lowest BCUT2D eigenvalue weighted by Gasteiger charge is -2.44. The Kier molecular flexibility index (Phi) is 5.92. The van der Waals surface area contributed by atoms with E-state index in [4.69, 9.17) is 18.9 Å². The lowest BCUT2D eigenvalue weighted by molar-refractivity contribution is -0.225. The zero-order valence-corrected chi connectivity index (χ0v) is 17.4. The summed E-state index contributed by atoms with van der Waals surface area (Å²) in [6.45, 7) is 4.82. The first-order valence-corrected chi connectivity index (χ1v) is 9.99. The predicted molar refractivity (Wildman–Crippen MR) is 114 cm³/mol. The number of methoxy groups -OCH3 is 2. The summed E-state index contributed by atoms with van der Waals surface area (Å²) in [4.78, 5) is 17.6. The second kappa shape index (κ2) is 8.61. The van der Waals surface area contributed by atoms with Crippen LogP contribution >= 0.6 is 0 Å². The standard InChI is InChI=1S/C22H27N3O5/c1-15(25-11-13-29-14-12-25)30-22(28-3)19(16-7-5-4-6-8-16)20(27-2)18-17(24-22)9-10-23-21(18)26/h4-10,15,24H,11-14H2,1-3H3,(H,23,26). The molecule has 1 aromatic heterocycles. The van der Waals surface area contributed by atoms with Crippen LogP contribution in [0.2, 0.25) is 0 Å². The number of hydrogen-bond acceptors (Lipinski definition) is 7. The van der Waals surface area contributed by atoms with Crippen LogP contribution in [0, 0.1) is 0 Å². The van der Waals surface area contributed by atoms with Crippen LogP contribution in [0.15, 0.2) is 47.4 Å². The molecule has 4 rings (SSSR count). The van der Waals surface area contributed by atoms with Crippen LogP contribution < -0.4 is 10.9 Å². The number of H-pyrrole nitrogens is 1. The molecule has 3 heterocycles. The molecule has 1 aromatic carbocycles. The van der Waals surface area contributed by atoms with E-state index in [1.807, 2.05) is 37.3 Å². The number of fused-ring (bicyclic) bond motifs is 1. The molecule has 1 saturated heterocycles. The average Bonchev–Trinajstić information content (AvgIpc) is 2.79. The van der Waals surface area contributed by atoms with Gasteiger partial charge in [-0.25, -0.2) is 0 Å². The number of morpholine rings is 1. The molecule has 2 aliphatic heterocycles. The predicted octanol–water partition coefficient (Wildman–Crippen LogP) is 2.31. The smallest absolute Gasteiger partial charge is 0.283 e. The van der Waals surface area contributed by atoms with Crippen molar-refractivity contribution in [3.05, 3.63) is 64.1 Å². The summed E-state index contributed by atoms with van der Waals surface area (Å²) in [5.74, 6) is -0.946. The van der Waals surface area contributed by atoms with Crippen LogP contribution in [0.1, 0.15) is 18.1 Å². The summed E-state index contributed by atoms with van der Waals surface area (Å²) in [5.41, 5.74) is 2.17. The van der Waals surface area contributed by atoms with E-state index in [0.29, 0.717) is 35.8 Å². The first-order valence-electron chi connectivity index (χ1n) is 9.99. The summed E-state index contributed by atoms with van der Waals surface area (Å²) < 4.78 is 23.8. The van der Waals surface area contributed by atoms with Gasteiger partial charge in [0.1, 0.15) is 17.6 Å². The van der Waals surface area contributed by atoms with Crippen LogP contribution in [0.4, 0.5) is 5.69 Å². The van der Waals surface area contributed by atoms with Crippen LogP contribution in [-0.4, -0.2) is 62.5 Å². The van der Waals surface area contributed by atoms with Crippen LogP contribution in [-0.2, 0) is 18.9 Å². The molecular weight excluding hydrogens is 386 g/mol. The second-order valence-electron chi connectivity index (χ2n) is 7.18. The Labute approximate surface area is 175 Å². The first-order chi connectivity index (χ1) is 14.6. The lowest BCUT2D eigenvalue weighted by Crippen LogP contribution is -2.54. The van der Waals surface area contributed by atoms with Gasteiger partial charge in [-0.2, -0.15) is 0 Å². The third-order valence-electron chi connectivity index (χ3n) is 5.49. The molecule has 0 spiro atoms. The van der Waals surface area contributed by atoms with Crippen molar-refractivity contribution < 1.29 is 18.9 Å². The molecule has 2 unspecified atom stereocenters. The summed E-state index contributed by atoms with van der Waals surface area (Å²) in [5, 5.41) is 3.32. The van der Waals surface area contributed by atoms with Crippen LogP contribution in [0.5, 0.6) is 0 Å². The molecular formula is C22H27N3O5. The molecule has 2 atom stereocenters. The summed E-state index contributed by atoms with van der Waals surface area (Å²) in [6, 6.07) is 11.4. The Morgan fingerprint density at radius 1 is 1.13 bits per heavy atom. The lowest BCUT2D eigenvalue weighted by atomic mass is 9.93. The van der Waals surface area contributed by atoms with Gasteiger partial charge in [-0.3, -0.25) is 9.69 Å². The minimum Gasteiger partial charge on any atom is -0.495 e. The molecule has 2 N–H and O–H groups in total. The van der Waals surface area contributed by atoms with Crippen molar-refractivity contribution in [3.8, 4) is 0 Å². The first kappa shape index (κ1) is 20.6. The number of aromatic amines is 1. The van der Waals surface area contributed by atoms with E-state index in [9.17, 15) is 4.79 Å². The van der Waals surface area contributed by atoms with Gasteiger partial charge in [0, 0.05) is 26.4 Å². The molecule has 2 aromatic rings. The number of nitrogens with zero attached hydrogens (tertiary/aromatic N) is 1. The van der Waals surface area contributed by atoms with E-state index in [0.717, 1.165) is 18.7 Å². The number of anilines is 1. The summed E-state index contributed by atoms with van der Waals surface area (Å²) in [6.07, 6.45) is 1.31. The van der Waals surface area contributed by atoms with E-state index in [2.05, 4.69) is 15.2 Å². The molecule has 0 aliphatic carbocycles. The maximum absolute atomic E-state index is 12.7. The van der Waals surface area contributed by atoms with E-state index < -0.39 is 5.91 Å². The SMILES string of the molecule is COC1=C(c2ccccc2)C(OC)(OC(C)N2CCOCC2)Nc2cc[nH]c(=O)c21. The van der Waals surface area contributed by atoms with Crippen molar-refractivity contribution in [3.63, 3.8) is 0 Å². The Bertz CT molecular complexity index is 968. The van der Waals surface area contributed by atoms with E-state index in [-0.39, 0.29) is 11.8 Å². The van der Waals surface area contributed by atoms with Crippen molar-refractivity contribution in [2.45, 2.75) is 19.1 Å². The average molecular weight is 413 g/mol. The van der Waals surface area contributed by atoms with Gasteiger partial charge in [-0.1, -0.05) is 30.3 Å². The highest BCUT2D eigenvalue weighted by Crippen LogP contribution is 2.44. The number of hydrogen-bond donors (Lipinski definition) is 2. The zero-order chi connectivity index (χ0) is 21.1. The van der Waals surface area contributed by atoms with Gasteiger partial charge in [0.05, 0.1) is 31.6 Å². The highest BCUT2D eigenvalue weighted by Gasteiger charge is 2.47. The van der Waals surface area contributed by atoms with Gasteiger partial charge in [0.25, 0.3) is 11.5 Å². The van der Waals surface area contributed by atoms with E-state index in [1.165, 1.54) is 0 Å². The summed E-state index contributed by atoms with van der Waals surface area (Å²) in [7, 11) is 3.12. The van der Waals surface area contributed by atoms with Gasteiger partial charge >= 0.3 is 0 Å². The van der Waals surface area contributed by atoms with Gasteiger partial charge in [0.15, 0.2) is 0 Å². The highest BCUT2D eigenvalue weighted by atomic mass is 16.7. The number of ether oxygens (including phenoxy) is 4. The van der Waals surface area contributed by atoms with Crippen LogP contribution in [0.25, 0.3) is 11.3 Å². The monoisotopic (exact) mass is 413 g/mol. The maximum Gasteiger partial charge on any atom is 0.283 e. The van der Waals surface area contributed by atoms with Crippen molar-refractivity contribution >= 4 is 17.0 Å². The fourth-order valence-corrected chi connectivity index (χ4v) is 4.00. The van der Waals surface area contributed by atoms with Crippen molar-refractivity contribution in [2.75, 3.05) is 45.8 Å². The third kappa shape index (κ3) is 3.63. The number of aromatic nitrogens is 1. The molecule has 0 amide bonds. The Morgan fingerprint density at radius 2 is 1.87 bits per heavy atom. The van der Waals surface area contributed by atoms with E-state index >= 15 is 0 Å². The molecule has 0 radical (unpaired) electrons. The minimum atomic E-state index is -1.36. The largest absolute Gasteiger partial charge is 0.495 e. The normalized spacial score (nSPS) is 22.9. The quantitative estimate of drug-likeness (QED) is 0.703. The third-order valence-corrected chi connectivity index (χ3v) is 5.49. The zero-order valence-electron chi connectivity index (χ0n) is 17.4. The van der Waals surface area contributed by atoms with E-state index in [1.54, 1.807) is 26.5 Å². The van der Waals surface area contributed by atoms with Gasteiger partial charge < -0.3 is 29.2 Å². The van der Waals surface area contributed by atoms with Crippen molar-refractivity contribution in [1.82, 2.24) is 9.88 Å². The van der Waals surface area contributed by atoms with Crippen molar-refractivity contribution in [1.29, 1.82) is 0 Å². The van der Waals surface area contributed by atoms with Gasteiger partial charge in [0.2, 0.25) is 0 Å². The Morgan fingerprint density at radius 3 is 2.53 bits per heavy atom. The van der Waals surface area contributed by atoms with Gasteiger partial charge in [-0.15, -0.1) is 0 Å². The summed E-state index contributed by atoms with van der Waals surface area (Å²) >= 11 is 0. The fraction of sp³-hybridized carbons (Fsp3) is 0.409. The van der Waals surface area contributed by atoms with Gasteiger partial charge in [-0.05, 0) is 18.6 Å². The Balaban J connectivity index is 1.87. The number of pyridine rings is 1. The highest BCUT2D eigenvalue weighted by molar-refractivity contribution is 5.97. The number of benzene rings is 1. The molecule has 2 aliphatic rings. The molecule has 30 heavy (non-hydrogen) atoms.